The van der Waals surface area contributed by atoms with E-state index in [1.165, 1.54) is 13.4 Å². The molecule has 0 aliphatic carbocycles. The van der Waals surface area contributed by atoms with Crippen molar-refractivity contribution in [1.29, 1.82) is 0 Å². The molecule has 0 unspecified atom stereocenters. The van der Waals surface area contributed by atoms with E-state index >= 15 is 0 Å². The Balaban J connectivity index is 1.58. The first-order valence-electron chi connectivity index (χ1n) is 7.21. The quantitative estimate of drug-likeness (QED) is 0.641. The van der Waals surface area contributed by atoms with Gasteiger partial charge in [0.15, 0.2) is 5.76 Å². The number of rotatable bonds is 7. The van der Waals surface area contributed by atoms with Gasteiger partial charge in [-0.3, -0.25) is 4.79 Å². The van der Waals surface area contributed by atoms with Crippen molar-refractivity contribution in [2.75, 3.05) is 25.3 Å². The lowest BCUT2D eigenvalue weighted by molar-refractivity contribution is -0.113. The van der Waals surface area contributed by atoms with Gasteiger partial charge in [-0.1, -0.05) is 11.8 Å². The maximum absolute atomic E-state index is 12.1. The van der Waals surface area contributed by atoms with E-state index in [0.29, 0.717) is 22.9 Å². The molecule has 1 aromatic carbocycles. The van der Waals surface area contributed by atoms with E-state index in [0.717, 1.165) is 11.8 Å². The lowest BCUT2D eigenvalue weighted by Gasteiger charge is -2.11. The van der Waals surface area contributed by atoms with Crippen LogP contribution in [0.3, 0.4) is 0 Å². The number of nitrogens with one attached hydrogen (secondary N) is 1. The molecule has 1 amide bonds. The van der Waals surface area contributed by atoms with E-state index in [1.807, 2.05) is 0 Å². The van der Waals surface area contributed by atoms with Crippen molar-refractivity contribution < 1.29 is 23.1 Å². The minimum atomic E-state index is -0.230. The Morgan fingerprint density at radius 2 is 2.12 bits per heavy atom. The molecule has 0 spiro atoms. The fourth-order valence-electron chi connectivity index (χ4n) is 1.98. The molecule has 0 radical (unpaired) electrons. The number of aromatic nitrogens is 2. The summed E-state index contributed by atoms with van der Waals surface area (Å²) in [6.45, 7) is 0. The van der Waals surface area contributed by atoms with Crippen LogP contribution >= 0.6 is 11.8 Å². The first kappa shape index (κ1) is 16.9. The van der Waals surface area contributed by atoms with Gasteiger partial charge in [0.2, 0.25) is 5.91 Å². The van der Waals surface area contributed by atoms with Crippen molar-refractivity contribution >= 4 is 23.4 Å². The van der Waals surface area contributed by atoms with Crippen molar-refractivity contribution in [3.63, 3.8) is 0 Å². The molecule has 3 aromatic rings. The lowest BCUT2D eigenvalue weighted by atomic mass is 10.2. The highest BCUT2D eigenvalue weighted by Crippen LogP contribution is 2.29. The highest BCUT2D eigenvalue weighted by atomic mass is 32.2. The zero-order chi connectivity index (χ0) is 17.6. The number of carbonyl (C=O) groups excluding carboxylic acids is 1. The first-order chi connectivity index (χ1) is 12.2. The van der Waals surface area contributed by atoms with Crippen LogP contribution < -0.4 is 14.8 Å². The molecule has 0 fully saturated rings. The van der Waals surface area contributed by atoms with Gasteiger partial charge in [0.1, 0.15) is 11.5 Å². The van der Waals surface area contributed by atoms with Gasteiger partial charge >= 0.3 is 0 Å². The predicted molar refractivity (Wildman–Crippen MR) is 90.9 cm³/mol. The SMILES string of the molecule is COc1ccc(NC(=O)CSc2nnc(-c3ccco3)o2)c(OC)c1. The summed E-state index contributed by atoms with van der Waals surface area (Å²) in [4.78, 5) is 12.1. The summed E-state index contributed by atoms with van der Waals surface area (Å²) in [7, 11) is 3.08. The molecule has 0 bridgehead atoms. The average Bonchev–Trinajstić information content (AvgIpc) is 3.31. The predicted octanol–water partition coefficient (Wildman–Crippen LogP) is 3.08. The number of hydrogen-bond acceptors (Lipinski definition) is 8. The number of carbonyl (C=O) groups is 1. The van der Waals surface area contributed by atoms with E-state index in [1.54, 1.807) is 37.4 Å². The number of furan rings is 1. The summed E-state index contributed by atoms with van der Waals surface area (Å²) in [5, 5.41) is 10.8. The number of anilines is 1. The van der Waals surface area contributed by atoms with Crippen LogP contribution in [0.4, 0.5) is 5.69 Å². The molecule has 8 nitrogen and oxygen atoms in total. The molecule has 0 aliphatic heterocycles. The van der Waals surface area contributed by atoms with Crippen LogP contribution in [-0.2, 0) is 4.79 Å². The van der Waals surface area contributed by atoms with Gasteiger partial charge in [-0.25, -0.2) is 0 Å². The Morgan fingerprint density at radius 3 is 2.84 bits per heavy atom. The Labute approximate surface area is 147 Å². The molecule has 3 rings (SSSR count). The van der Waals surface area contributed by atoms with Crippen LogP contribution in [0.5, 0.6) is 11.5 Å². The van der Waals surface area contributed by atoms with Crippen LogP contribution in [0.15, 0.2) is 50.7 Å². The fourth-order valence-corrected chi connectivity index (χ4v) is 2.55. The second-order valence-corrected chi connectivity index (χ2v) is 5.68. The maximum Gasteiger partial charge on any atom is 0.284 e. The van der Waals surface area contributed by atoms with Gasteiger partial charge in [-0.15, -0.1) is 10.2 Å². The third-order valence-electron chi connectivity index (χ3n) is 3.15. The Morgan fingerprint density at radius 1 is 1.24 bits per heavy atom. The molecule has 0 aliphatic rings. The first-order valence-corrected chi connectivity index (χ1v) is 8.20. The van der Waals surface area contributed by atoms with Gasteiger partial charge in [0, 0.05) is 6.07 Å². The standard InChI is InChI=1S/C16H15N3O5S/c1-21-10-5-6-11(13(8-10)22-2)17-14(20)9-25-16-19-18-15(24-16)12-4-3-7-23-12/h3-8H,9H2,1-2H3,(H,17,20). The van der Waals surface area contributed by atoms with Crippen molar-refractivity contribution in [2.45, 2.75) is 5.22 Å². The van der Waals surface area contributed by atoms with E-state index in [2.05, 4.69) is 15.5 Å². The monoisotopic (exact) mass is 361 g/mol. The second kappa shape index (κ2) is 7.75. The molecule has 1 N–H and O–H groups in total. The van der Waals surface area contributed by atoms with Crippen LogP contribution in [-0.4, -0.2) is 36.1 Å². The van der Waals surface area contributed by atoms with Crippen LogP contribution in [0.25, 0.3) is 11.7 Å². The topological polar surface area (TPSA) is 99.6 Å². The minimum Gasteiger partial charge on any atom is -0.497 e. The Hall–Kier alpha value is -2.94. The summed E-state index contributed by atoms with van der Waals surface area (Å²) < 4.78 is 21.0. The molecule has 25 heavy (non-hydrogen) atoms. The van der Waals surface area contributed by atoms with E-state index < -0.39 is 0 Å². The van der Waals surface area contributed by atoms with Crippen LogP contribution in [0, 0.1) is 0 Å². The molecule has 0 atom stereocenters. The van der Waals surface area contributed by atoms with Crippen molar-refractivity contribution in [1.82, 2.24) is 10.2 Å². The van der Waals surface area contributed by atoms with Crippen molar-refractivity contribution in [3.8, 4) is 23.1 Å². The van der Waals surface area contributed by atoms with Gasteiger partial charge in [-0.2, -0.15) is 0 Å². The molecule has 2 heterocycles. The zero-order valence-corrected chi connectivity index (χ0v) is 14.3. The largest absolute Gasteiger partial charge is 0.497 e. The smallest absolute Gasteiger partial charge is 0.284 e. The molecular formula is C16H15N3O5S. The third-order valence-corrected chi connectivity index (χ3v) is 3.97. The van der Waals surface area contributed by atoms with E-state index in [-0.39, 0.29) is 22.8 Å². The normalized spacial score (nSPS) is 10.5. The van der Waals surface area contributed by atoms with Crippen LogP contribution in [0.2, 0.25) is 0 Å². The fraction of sp³-hybridized carbons (Fsp3) is 0.188. The molecule has 2 aromatic heterocycles. The minimum absolute atomic E-state index is 0.106. The molecule has 0 saturated heterocycles. The molecule has 130 valence electrons. The average molecular weight is 361 g/mol. The number of ether oxygens (including phenoxy) is 2. The van der Waals surface area contributed by atoms with Gasteiger partial charge < -0.3 is 23.6 Å². The number of amides is 1. The molecular weight excluding hydrogens is 346 g/mol. The number of thioether (sulfide) groups is 1. The summed E-state index contributed by atoms with van der Waals surface area (Å²) >= 11 is 1.13. The number of nitrogens with zero attached hydrogens (tertiary/aromatic N) is 2. The van der Waals surface area contributed by atoms with Gasteiger partial charge in [-0.05, 0) is 24.3 Å². The summed E-state index contributed by atoms with van der Waals surface area (Å²) in [5.41, 5.74) is 0.552. The zero-order valence-electron chi connectivity index (χ0n) is 13.5. The second-order valence-electron chi connectivity index (χ2n) is 4.75. The Bertz CT molecular complexity index is 847. The van der Waals surface area contributed by atoms with Crippen molar-refractivity contribution in [3.05, 3.63) is 36.6 Å². The van der Waals surface area contributed by atoms with E-state index in [9.17, 15) is 4.79 Å². The van der Waals surface area contributed by atoms with Crippen LogP contribution in [0.1, 0.15) is 0 Å². The van der Waals surface area contributed by atoms with Gasteiger partial charge in [0.05, 0.1) is 31.9 Å². The maximum atomic E-state index is 12.1. The Kier molecular flexibility index (Phi) is 5.24. The van der Waals surface area contributed by atoms with E-state index in [4.69, 9.17) is 18.3 Å². The molecule has 0 saturated carbocycles. The summed E-state index contributed by atoms with van der Waals surface area (Å²) in [6, 6.07) is 8.57. The lowest BCUT2D eigenvalue weighted by Crippen LogP contribution is -2.14. The summed E-state index contributed by atoms with van der Waals surface area (Å²) in [5.74, 6) is 1.77. The number of hydrogen-bond donors (Lipinski definition) is 1. The van der Waals surface area contributed by atoms with Crippen molar-refractivity contribution in [2.24, 2.45) is 0 Å². The summed E-state index contributed by atoms with van der Waals surface area (Å²) in [6.07, 6.45) is 1.52. The molecule has 9 heteroatoms. The van der Waals surface area contributed by atoms with Gasteiger partial charge in [0.25, 0.3) is 11.1 Å². The third kappa shape index (κ3) is 4.13. The highest BCUT2D eigenvalue weighted by molar-refractivity contribution is 7.99. The highest BCUT2D eigenvalue weighted by Gasteiger charge is 2.14. The number of benzene rings is 1. The number of methoxy groups -OCH3 is 2.